The third-order valence-electron chi connectivity index (χ3n) is 4.54. The Kier molecular flexibility index (Phi) is 3.71. The minimum absolute atomic E-state index is 0.423. The highest BCUT2D eigenvalue weighted by Gasteiger charge is 2.29. The van der Waals surface area contributed by atoms with Crippen LogP contribution in [0.2, 0.25) is 0 Å². The second-order valence-corrected chi connectivity index (χ2v) is 6.45. The van der Waals surface area contributed by atoms with Crippen molar-refractivity contribution >= 4 is 5.71 Å². The van der Waals surface area contributed by atoms with E-state index >= 15 is 0 Å². The summed E-state index contributed by atoms with van der Waals surface area (Å²) in [6.45, 7) is 12.5. The minimum Gasteiger partial charge on any atom is -0.357 e. The van der Waals surface area contributed by atoms with Crippen molar-refractivity contribution in [3.05, 3.63) is 59.6 Å². The Balaban J connectivity index is 1.67. The van der Waals surface area contributed by atoms with Crippen LogP contribution in [0.15, 0.2) is 64.6 Å². The van der Waals surface area contributed by atoms with Gasteiger partial charge in [0.15, 0.2) is 0 Å². The van der Waals surface area contributed by atoms with E-state index in [2.05, 4.69) is 50.6 Å². The summed E-state index contributed by atoms with van der Waals surface area (Å²) in [6, 6.07) is 0. The molecule has 1 N–H and O–H groups in total. The number of nitrogens with zero attached hydrogens (tertiary/aromatic N) is 1. The molecule has 0 aromatic rings. The molecule has 1 atom stereocenters. The molecule has 3 aliphatic rings. The van der Waals surface area contributed by atoms with Gasteiger partial charge in [-0.25, -0.2) is 0 Å². The van der Waals surface area contributed by atoms with Gasteiger partial charge in [0.1, 0.15) is 0 Å². The van der Waals surface area contributed by atoms with Crippen molar-refractivity contribution in [2.75, 3.05) is 0 Å². The largest absolute Gasteiger partial charge is 0.357 e. The monoisotopic (exact) mass is 280 g/mol. The lowest BCUT2D eigenvalue weighted by Crippen LogP contribution is -2.19. The standard InChI is InChI=1S/C19H24N2/c1-12(2)16-6-5-13(3)19(11-16)20-14(4)17-9-10-18(21-17)15-7-8-15/h5-6,9,15-16,20H,1,4,7-8,10-11H2,2-3H3. The Labute approximate surface area is 127 Å². The van der Waals surface area contributed by atoms with E-state index in [-0.39, 0.29) is 0 Å². The molecule has 1 unspecified atom stereocenters. The van der Waals surface area contributed by atoms with Crippen molar-refractivity contribution < 1.29 is 0 Å². The smallest absolute Gasteiger partial charge is 0.0821 e. The summed E-state index contributed by atoms with van der Waals surface area (Å²) in [7, 11) is 0. The number of aliphatic imine (C=N–C) groups is 1. The Morgan fingerprint density at radius 3 is 2.76 bits per heavy atom. The maximum Gasteiger partial charge on any atom is 0.0821 e. The van der Waals surface area contributed by atoms with Crippen molar-refractivity contribution in [2.45, 2.75) is 39.5 Å². The van der Waals surface area contributed by atoms with Crippen LogP contribution < -0.4 is 5.32 Å². The zero-order chi connectivity index (χ0) is 15.0. The van der Waals surface area contributed by atoms with E-state index in [0.29, 0.717) is 5.92 Å². The van der Waals surface area contributed by atoms with E-state index in [1.165, 1.54) is 35.4 Å². The molecule has 0 bridgehead atoms. The van der Waals surface area contributed by atoms with Crippen LogP contribution in [0.5, 0.6) is 0 Å². The van der Waals surface area contributed by atoms with E-state index < -0.39 is 0 Å². The average Bonchev–Trinajstić information content (AvgIpc) is 3.18. The molecule has 0 aromatic carbocycles. The maximum absolute atomic E-state index is 4.75. The van der Waals surface area contributed by atoms with Crippen LogP contribution in [0.4, 0.5) is 0 Å². The molecule has 2 heteroatoms. The SMILES string of the molecule is C=C(NC1=C(C)C=CC(C(=C)C)C1)C1=CCC(C2CC2)=N1. The number of allylic oxidation sites excluding steroid dienone is 6. The van der Waals surface area contributed by atoms with E-state index in [0.717, 1.165) is 30.2 Å². The van der Waals surface area contributed by atoms with Crippen LogP contribution in [0, 0.1) is 11.8 Å². The fourth-order valence-corrected chi connectivity index (χ4v) is 2.86. The van der Waals surface area contributed by atoms with Crippen LogP contribution in [0.3, 0.4) is 0 Å². The Morgan fingerprint density at radius 2 is 2.10 bits per heavy atom. The van der Waals surface area contributed by atoms with Gasteiger partial charge in [-0.2, -0.15) is 0 Å². The van der Waals surface area contributed by atoms with Gasteiger partial charge in [0.25, 0.3) is 0 Å². The number of hydrogen-bond acceptors (Lipinski definition) is 2. The molecule has 0 aromatic heterocycles. The summed E-state index contributed by atoms with van der Waals surface area (Å²) < 4.78 is 0. The molecule has 1 aliphatic heterocycles. The van der Waals surface area contributed by atoms with Crippen LogP contribution in [0.1, 0.15) is 39.5 Å². The number of hydrogen-bond donors (Lipinski definition) is 1. The van der Waals surface area contributed by atoms with Crippen molar-refractivity contribution in [1.29, 1.82) is 0 Å². The normalized spacial score (nSPS) is 24.8. The van der Waals surface area contributed by atoms with Crippen LogP contribution in [-0.4, -0.2) is 5.71 Å². The summed E-state index contributed by atoms with van der Waals surface area (Å²) in [5.74, 6) is 1.17. The first-order chi connectivity index (χ1) is 10.0. The second kappa shape index (κ2) is 5.51. The second-order valence-electron chi connectivity index (χ2n) is 6.45. The van der Waals surface area contributed by atoms with Gasteiger partial charge in [0.05, 0.1) is 11.4 Å². The van der Waals surface area contributed by atoms with Crippen molar-refractivity contribution in [1.82, 2.24) is 5.32 Å². The van der Waals surface area contributed by atoms with E-state index in [1.807, 2.05) is 0 Å². The molecule has 1 heterocycles. The number of nitrogens with one attached hydrogen (secondary N) is 1. The molecule has 2 aliphatic carbocycles. The maximum atomic E-state index is 4.75. The lowest BCUT2D eigenvalue weighted by Gasteiger charge is -2.23. The zero-order valence-corrected chi connectivity index (χ0v) is 13.1. The lowest BCUT2D eigenvalue weighted by atomic mass is 9.89. The van der Waals surface area contributed by atoms with Crippen molar-refractivity contribution in [3.63, 3.8) is 0 Å². The first-order valence-electron chi connectivity index (χ1n) is 7.82. The van der Waals surface area contributed by atoms with Crippen molar-refractivity contribution in [3.8, 4) is 0 Å². The molecule has 1 saturated carbocycles. The minimum atomic E-state index is 0.423. The molecule has 0 amide bonds. The summed E-state index contributed by atoms with van der Waals surface area (Å²) in [5, 5.41) is 3.49. The third-order valence-corrected chi connectivity index (χ3v) is 4.54. The van der Waals surface area contributed by atoms with Crippen LogP contribution in [0.25, 0.3) is 0 Å². The molecule has 21 heavy (non-hydrogen) atoms. The number of rotatable bonds is 5. The summed E-state index contributed by atoms with van der Waals surface area (Å²) in [4.78, 5) is 4.75. The molecule has 2 nitrogen and oxygen atoms in total. The van der Waals surface area contributed by atoms with Gasteiger partial charge in [-0.15, -0.1) is 0 Å². The lowest BCUT2D eigenvalue weighted by molar-refractivity contribution is 0.689. The Morgan fingerprint density at radius 1 is 1.33 bits per heavy atom. The summed E-state index contributed by atoms with van der Waals surface area (Å²) in [5.41, 5.74) is 7.03. The quantitative estimate of drug-likeness (QED) is 0.728. The molecule has 0 radical (unpaired) electrons. The Hall–Kier alpha value is -1.83. The van der Waals surface area contributed by atoms with Gasteiger partial charge in [0, 0.05) is 23.7 Å². The van der Waals surface area contributed by atoms with E-state index in [9.17, 15) is 0 Å². The molecular formula is C19H24N2. The molecule has 0 spiro atoms. The Bertz CT molecular complexity index is 609. The van der Waals surface area contributed by atoms with Gasteiger partial charge < -0.3 is 5.32 Å². The van der Waals surface area contributed by atoms with Gasteiger partial charge in [0.2, 0.25) is 0 Å². The highest BCUT2D eigenvalue weighted by molar-refractivity contribution is 5.93. The highest BCUT2D eigenvalue weighted by Crippen LogP contribution is 2.35. The molecule has 3 rings (SSSR count). The predicted octanol–water partition coefficient (Wildman–Crippen LogP) is 4.65. The average molecular weight is 280 g/mol. The first-order valence-corrected chi connectivity index (χ1v) is 7.82. The molecule has 1 fully saturated rings. The van der Waals surface area contributed by atoms with Crippen molar-refractivity contribution in [2.24, 2.45) is 16.8 Å². The van der Waals surface area contributed by atoms with Gasteiger partial charge >= 0.3 is 0 Å². The van der Waals surface area contributed by atoms with E-state index in [1.54, 1.807) is 0 Å². The topological polar surface area (TPSA) is 24.4 Å². The van der Waals surface area contributed by atoms with Crippen LogP contribution in [-0.2, 0) is 0 Å². The fraction of sp³-hybridized carbons (Fsp3) is 0.421. The summed E-state index contributed by atoms with van der Waals surface area (Å²) in [6.07, 6.45) is 11.2. The van der Waals surface area contributed by atoms with Gasteiger partial charge in [-0.3, -0.25) is 4.99 Å². The molecule has 0 saturated heterocycles. The predicted molar refractivity (Wildman–Crippen MR) is 89.9 cm³/mol. The molecule has 110 valence electrons. The first kappa shape index (κ1) is 14.1. The zero-order valence-electron chi connectivity index (χ0n) is 13.1. The third kappa shape index (κ3) is 3.10. The van der Waals surface area contributed by atoms with Gasteiger partial charge in [-0.05, 0) is 44.6 Å². The highest BCUT2D eigenvalue weighted by atomic mass is 15.0. The van der Waals surface area contributed by atoms with Gasteiger partial charge in [-0.1, -0.05) is 37.0 Å². The summed E-state index contributed by atoms with van der Waals surface area (Å²) >= 11 is 0. The molecular weight excluding hydrogens is 256 g/mol. The fourth-order valence-electron chi connectivity index (χ4n) is 2.86. The van der Waals surface area contributed by atoms with E-state index in [4.69, 9.17) is 4.99 Å². The van der Waals surface area contributed by atoms with Crippen LogP contribution >= 0.6 is 0 Å².